The van der Waals surface area contributed by atoms with Gasteiger partial charge in [0.25, 0.3) is 0 Å². The highest BCUT2D eigenvalue weighted by Crippen LogP contribution is 2.30. The molecule has 168 valence electrons. The van der Waals surface area contributed by atoms with Gasteiger partial charge >= 0.3 is 0 Å². The Kier molecular flexibility index (Phi) is 7.35. The molecule has 1 fully saturated rings. The van der Waals surface area contributed by atoms with Crippen LogP contribution in [0, 0.1) is 6.92 Å². The molecular weight excluding hydrogens is 400 g/mol. The molecule has 1 aliphatic rings. The highest BCUT2D eigenvalue weighted by Gasteiger charge is 2.23. The zero-order valence-corrected chi connectivity index (χ0v) is 18.9. The summed E-state index contributed by atoms with van der Waals surface area (Å²) < 4.78 is 5.62. The lowest BCUT2D eigenvalue weighted by Crippen LogP contribution is -2.34. The molecule has 4 rings (SSSR count). The van der Waals surface area contributed by atoms with Crippen LogP contribution in [0.3, 0.4) is 0 Å². The second kappa shape index (κ2) is 10.6. The molecule has 0 spiro atoms. The summed E-state index contributed by atoms with van der Waals surface area (Å²) in [6.07, 6.45) is 4.08. The fourth-order valence-electron chi connectivity index (χ4n) is 4.41. The number of aromatic nitrogens is 2. The number of nitrogens with zero attached hydrogens (tertiary/aromatic N) is 3. The average molecular weight is 433 g/mol. The van der Waals surface area contributed by atoms with E-state index < -0.39 is 0 Å². The second-order valence-corrected chi connectivity index (χ2v) is 8.37. The van der Waals surface area contributed by atoms with E-state index in [2.05, 4.69) is 39.5 Å². The molecular formula is C26H32N4O2. The monoisotopic (exact) mass is 432 g/mol. The average Bonchev–Trinajstić information content (AvgIpc) is 2.81. The Bertz CT molecular complexity index is 1030. The summed E-state index contributed by atoms with van der Waals surface area (Å²) in [5.74, 6) is 2.00. The molecule has 6 heteroatoms. The highest BCUT2D eigenvalue weighted by atomic mass is 16.5. The number of nitrogens with one attached hydrogen (secondary N) is 1. The Balaban J connectivity index is 1.46. The van der Waals surface area contributed by atoms with Gasteiger partial charge in [0.15, 0.2) is 0 Å². The quantitative estimate of drug-likeness (QED) is 0.533. The van der Waals surface area contributed by atoms with Gasteiger partial charge in [-0.05, 0) is 75.2 Å². The molecule has 2 N–H and O–H groups in total. The van der Waals surface area contributed by atoms with E-state index in [0.29, 0.717) is 12.5 Å². The summed E-state index contributed by atoms with van der Waals surface area (Å²) in [4.78, 5) is 11.7. The maximum atomic E-state index is 9.71. The molecule has 3 aromatic rings. The van der Waals surface area contributed by atoms with Crippen molar-refractivity contribution in [3.05, 3.63) is 77.2 Å². The summed E-state index contributed by atoms with van der Waals surface area (Å²) in [6, 6.07) is 16.2. The van der Waals surface area contributed by atoms with E-state index in [9.17, 15) is 5.11 Å². The van der Waals surface area contributed by atoms with Crippen LogP contribution in [0.1, 0.15) is 48.2 Å². The standard InChI is InChI=1S/C26H32N4O2/c1-3-32-25-10-9-20(14-22(25)18-31)16-30-12-6-7-21(17-30)24-15-23(13-19(2)28-24)29-26-8-4-5-11-27-26/h4-5,8-11,13-15,21,31H,3,6-7,12,16-18H2,1-2H3,(H,27,28,29)/t21-/m1/s1. The lowest BCUT2D eigenvalue weighted by atomic mass is 9.93. The number of hydrogen-bond donors (Lipinski definition) is 2. The molecule has 0 aliphatic carbocycles. The van der Waals surface area contributed by atoms with Crippen molar-refractivity contribution in [3.8, 4) is 5.75 Å². The number of benzene rings is 1. The maximum absolute atomic E-state index is 9.71. The van der Waals surface area contributed by atoms with Crippen LogP contribution in [0.15, 0.2) is 54.7 Å². The number of piperidine rings is 1. The minimum absolute atomic E-state index is 0.00887. The van der Waals surface area contributed by atoms with E-state index in [4.69, 9.17) is 9.72 Å². The first-order chi connectivity index (χ1) is 15.6. The van der Waals surface area contributed by atoms with Gasteiger partial charge in [-0.15, -0.1) is 0 Å². The molecule has 6 nitrogen and oxygen atoms in total. The molecule has 0 saturated carbocycles. The zero-order valence-electron chi connectivity index (χ0n) is 18.9. The molecule has 0 unspecified atom stereocenters. The summed E-state index contributed by atoms with van der Waals surface area (Å²) in [5, 5.41) is 13.1. The van der Waals surface area contributed by atoms with Gasteiger partial charge in [0, 0.05) is 47.8 Å². The Labute approximate surface area is 190 Å². The van der Waals surface area contributed by atoms with E-state index in [-0.39, 0.29) is 6.61 Å². The molecule has 1 atom stereocenters. The van der Waals surface area contributed by atoms with Gasteiger partial charge < -0.3 is 15.2 Å². The molecule has 0 amide bonds. The third-order valence-corrected chi connectivity index (χ3v) is 5.84. The maximum Gasteiger partial charge on any atom is 0.130 e. The predicted molar refractivity (Wildman–Crippen MR) is 127 cm³/mol. The first-order valence-corrected chi connectivity index (χ1v) is 11.4. The number of pyridine rings is 2. The van der Waals surface area contributed by atoms with E-state index in [1.54, 1.807) is 6.20 Å². The lowest BCUT2D eigenvalue weighted by Gasteiger charge is -2.33. The topological polar surface area (TPSA) is 70.5 Å². The van der Waals surface area contributed by atoms with E-state index in [1.807, 2.05) is 38.1 Å². The third kappa shape index (κ3) is 5.64. The Hall–Kier alpha value is -2.96. The first-order valence-electron chi connectivity index (χ1n) is 11.4. The molecule has 2 aromatic heterocycles. The third-order valence-electron chi connectivity index (χ3n) is 5.84. The van der Waals surface area contributed by atoms with Crippen LogP contribution >= 0.6 is 0 Å². The SMILES string of the molecule is CCOc1ccc(CN2CCC[C@@H](c3cc(Nc4ccccn4)cc(C)n3)C2)cc1CO. The highest BCUT2D eigenvalue weighted by molar-refractivity contribution is 5.57. The van der Waals surface area contributed by atoms with Crippen molar-refractivity contribution in [1.29, 1.82) is 0 Å². The number of rotatable bonds is 8. The van der Waals surface area contributed by atoms with Crippen LogP contribution in [0.5, 0.6) is 5.75 Å². The van der Waals surface area contributed by atoms with Crippen LogP contribution in [0.4, 0.5) is 11.5 Å². The number of aliphatic hydroxyl groups excluding tert-OH is 1. The van der Waals surface area contributed by atoms with Crippen LogP contribution in [-0.2, 0) is 13.2 Å². The fourth-order valence-corrected chi connectivity index (χ4v) is 4.41. The van der Waals surface area contributed by atoms with Crippen LogP contribution in [-0.4, -0.2) is 39.7 Å². The van der Waals surface area contributed by atoms with Gasteiger partial charge in [-0.1, -0.05) is 12.1 Å². The van der Waals surface area contributed by atoms with Crippen LogP contribution in [0.2, 0.25) is 0 Å². The zero-order chi connectivity index (χ0) is 22.3. The number of likely N-dealkylation sites (tertiary alicyclic amines) is 1. The largest absolute Gasteiger partial charge is 0.494 e. The molecule has 0 radical (unpaired) electrons. The number of hydrogen-bond acceptors (Lipinski definition) is 6. The summed E-state index contributed by atoms with van der Waals surface area (Å²) in [7, 11) is 0. The number of aryl methyl sites for hydroxylation is 1. The Morgan fingerprint density at radius 2 is 2.09 bits per heavy atom. The fraction of sp³-hybridized carbons (Fsp3) is 0.385. The van der Waals surface area contributed by atoms with E-state index in [0.717, 1.165) is 66.7 Å². The normalized spacial score (nSPS) is 16.7. The molecule has 32 heavy (non-hydrogen) atoms. The van der Waals surface area contributed by atoms with Gasteiger partial charge in [-0.25, -0.2) is 4.98 Å². The number of anilines is 2. The van der Waals surface area contributed by atoms with Gasteiger partial charge in [0.05, 0.1) is 13.2 Å². The van der Waals surface area contributed by atoms with Gasteiger partial charge in [-0.3, -0.25) is 9.88 Å². The molecule has 3 heterocycles. The molecule has 1 saturated heterocycles. The Morgan fingerprint density at radius 3 is 2.88 bits per heavy atom. The van der Waals surface area contributed by atoms with Crippen molar-refractivity contribution >= 4 is 11.5 Å². The summed E-state index contributed by atoms with van der Waals surface area (Å²) in [5.41, 5.74) is 5.23. The summed E-state index contributed by atoms with van der Waals surface area (Å²) in [6.45, 7) is 7.50. The second-order valence-electron chi connectivity index (χ2n) is 8.37. The Morgan fingerprint density at radius 1 is 1.19 bits per heavy atom. The minimum Gasteiger partial charge on any atom is -0.494 e. The van der Waals surface area contributed by atoms with Crippen molar-refractivity contribution in [2.24, 2.45) is 0 Å². The van der Waals surface area contributed by atoms with Gasteiger partial charge in [0.1, 0.15) is 11.6 Å². The van der Waals surface area contributed by atoms with Crippen molar-refractivity contribution in [2.45, 2.75) is 45.8 Å². The smallest absolute Gasteiger partial charge is 0.130 e. The molecule has 0 bridgehead atoms. The van der Waals surface area contributed by atoms with Crippen LogP contribution < -0.4 is 10.1 Å². The first kappa shape index (κ1) is 22.2. The van der Waals surface area contributed by atoms with Gasteiger partial charge in [-0.2, -0.15) is 0 Å². The molecule has 1 aliphatic heterocycles. The van der Waals surface area contributed by atoms with Crippen molar-refractivity contribution < 1.29 is 9.84 Å². The van der Waals surface area contributed by atoms with E-state index in [1.165, 1.54) is 5.56 Å². The number of aliphatic hydroxyl groups is 1. The summed E-state index contributed by atoms with van der Waals surface area (Å²) >= 11 is 0. The molecule has 1 aromatic carbocycles. The number of ether oxygens (including phenoxy) is 1. The van der Waals surface area contributed by atoms with Crippen molar-refractivity contribution in [1.82, 2.24) is 14.9 Å². The van der Waals surface area contributed by atoms with E-state index >= 15 is 0 Å². The lowest BCUT2D eigenvalue weighted by molar-refractivity contribution is 0.198. The predicted octanol–water partition coefficient (Wildman–Crippen LogP) is 4.80. The van der Waals surface area contributed by atoms with Crippen LogP contribution in [0.25, 0.3) is 0 Å². The minimum atomic E-state index is -0.00887. The van der Waals surface area contributed by atoms with Gasteiger partial charge in [0.2, 0.25) is 0 Å². The van der Waals surface area contributed by atoms with Crippen molar-refractivity contribution in [2.75, 3.05) is 25.0 Å². The van der Waals surface area contributed by atoms with Crippen molar-refractivity contribution in [3.63, 3.8) is 0 Å².